The average molecular weight is 286 g/mol. The van der Waals surface area contributed by atoms with Crippen LogP contribution in [0.25, 0.3) is 0 Å². The summed E-state index contributed by atoms with van der Waals surface area (Å²) >= 11 is 0. The molecular formula is C15H15FN4O. The summed E-state index contributed by atoms with van der Waals surface area (Å²) in [7, 11) is 1.71. The monoisotopic (exact) mass is 286 g/mol. The number of carbonyl (C=O) groups excluding carboxylic acids is 1. The van der Waals surface area contributed by atoms with E-state index in [-0.39, 0.29) is 19.0 Å². The molecule has 1 amide bonds. The number of nitrogens with two attached hydrogens (primary N) is 1. The lowest BCUT2D eigenvalue weighted by Gasteiger charge is -2.07. The third kappa shape index (κ3) is 3.68. The molecule has 0 bridgehead atoms. The Kier molecular flexibility index (Phi) is 4.69. The Hall–Kier alpha value is -2.65. The van der Waals surface area contributed by atoms with Gasteiger partial charge in [0, 0.05) is 24.7 Å². The molecule has 5 nitrogen and oxygen atoms in total. The first kappa shape index (κ1) is 14.8. The third-order valence-electron chi connectivity index (χ3n) is 2.87. The largest absolute Gasteiger partial charge is 0.347 e. The zero-order chi connectivity index (χ0) is 15.2. The lowest BCUT2D eigenvalue weighted by Crippen LogP contribution is -2.25. The number of imidazole rings is 1. The van der Waals surface area contributed by atoms with Crippen LogP contribution in [-0.2, 0) is 13.6 Å². The zero-order valence-electron chi connectivity index (χ0n) is 11.6. The van der Waals surface area contributed by atoms with Gasteiger partial charge >= 0.3 is 0 Å². The van der Waals surface area contributed by atoms with Crippen molar-refractivity contribution in [3.05, 3.63) is 53.4 Å². The van der Waals surface area contributed by atoms with Crippen LogP contribution in [0.1, 0.15) is 21.6 Å². The van der Waals surface area contributed by atoms with Crippen molar-refractivity contribution >= 4 is 5.91 Å². The summed E-state index contributed by atoms with van der Waals surface area (Å²) in [6, 6.07) is 4.50. The predicted octanol–water partition coefficient (Wildman–Crippen LogP) is 0.799. The van der Waals surface area contributed by atoms with Crippen molar-refractivity contribution in [2.75, 3.05) is 6.54 Å². The molecule has 1 aromatic carbocycles. The van der Waals surface area contributed by atoms with Crippen LogP contribution in [0, 0.1) is 17.7 Å². The van der Waals surface area contributed by atoms with Crippen molar-refractivity contribution in [1.29, 1.82) is 0 Å². The van der Waals surface area contributed by atoms with Crippen LogP contribution < -0.4 is 11.1 Å². The molecule has 6 heteroatoms. The molecule has 1 heterocycles. The first-order valence-electron chi connectivity index (χ1n) is 6.33. The van der Waals surface area contributed by atoms with Crippen LogP contribution in [0.15, 0.2) is 30.7 Å². The highest BCUT2D eigenvalue weighted by atomic mass is 19.1. The third-order valence-corrected chi connectivity index (χ3v) is 2.87. The normalized spacial score (nSPS) is 9.86. The van der Waals surface area contributed by atoms with Crippen LogP contribution in [0.4, 0.5) is 4.39 Å². The Morgan fingerprint density at radius 1 is 1.52 bits per heavy atom. The summed E-state index contributed by atoms with van der Waals surface area (Å²) in [5.74, 6) is 4.83. The number of carbonyl (C=O) groups is 1. The molecule has 0 saturated carbocycles. The first-order chi connectivity index (χ1) is 10.1. The van der Waals surface area contributed by atoms with Gasteiger partial charge in [-0.15, -0.1) is 0 Å². The smallest absolute Gasteiger partial charge is 0.269 e. The van der Waals surface area contributed by atoms with E-state index in [1.165, 1.54) is 18.6 Å². The van der Waals surface area contributed by atoms with E-state index in [9.17, 15) is 9.18 Å². The second-order valence-electron chi connectivity index (χ2n) is 4.38. The minimum atomic E-state index is -0.390. The molecule has 0 aliphatic heterocycles. The average Bonchev–Trinajstić information content (AvgIpc) is 2.91. The minimum Gasteiger partial charge on any atom is -0.347 e. The molecule has 0 unspecified atom stereocenters. The number of aryl methyl sites for hydroxylation is 1. The van der Waals surface area contributed by atoms with E-state index in [0.717, 1.165) is 0 Å². The Morgan fingerprint density at radius 2 is 2.33 bits per heavy atom. The molecule has 0 fully saturated rings. The van der Waals surface area contributed by atoms with Crippen molar-refractivity contribution in [2.24, 2.45) is 12.8 Å². The van der Waals surface area contributed by atoms with Gasteiger partial charge in [0.25, 0.3) is 5.91 Å². The molecule has 108 valence electrons. The highest BCUT2D eigenvalue weighted by molar-refractivity contribution is 5.92. The summed E-state index contributed by atoms with van der Waals surface area (Å²) in [5.41, 5.74) is 6.74. The van der Waals surface area contributed by atoms with Crippen LogP contribution in [0.3, 0.4) is 0 Å². The second kappa shape index (κ2) is 6.68. The molecule has 3 N–H and O–H groups in total. The summed E-state index contributed by atoms with van der Waals surface area (Å²) in [6.07, 6.45) is 2.98. The maximum atomic E-state index is 13.7. The van der Waals surface area contributed by atoms with Gasteiger partial charge in [-0.05, 0) is 18.2 Å². The van der Waals surface area contributed by atoms with Gasteiger partial charge in [0.05, 0.1) is 19.1 Å². The van der Waals surface area contributed by atoms with Gasteiger partial charge < -0.3 is 15.6 Å². The standard InChI is InChI=1S/C15H15FN4O/c1-20-10-18-9-14(20)15(21)19-8-12-7-11(3-2-6-17)4-5-13(12)16/h4-5,7,9-10H,6,8,17H2,1H3,(H,19,21). The fourth-order valence-corrected chi connectivity index (χ4v) is 1.78. The van der Waals surface area contributed by atoms with Gasteiger partial charge in [-0.2, -0.15) is 0 Å². The summed E-state index contributed by atoms with van der Waals surface area (Å²) < 4.78 is 15.3. The van der Waals surface area contributed by atoms with Gasteiger partial charge in [-0.25, -0.2) is 9.37 Å². The van der Waals surface area contributed by atoms with E-state index in [4.69, 9.17) is 5.73 Å². The SMILES string of the molecule is Cn1cncc1C(=O)NCc1cc(C#CCN)ccc1F. The predicted molar refractivity (Wildman–Crippen MR) is 76.7 cm³/mol. The lowest BCUT2D eigenvalue weighted by atomic mass is 10.1. The molecular weight excluding hydrogens is 271 g/mol. The van der Waals surface area contributed by atoms with Crippen LogP contribution in [-0.4, -0.2) is 22.0 Å². The maximum Gasteiger partial charge on any atom is 0.269 e. The Balaban J connectivity index is 2.09. The van der Waals surface area contributed by atoms with Gasteiger partial charge in [-0.3, -0.25) is 4.79 Å². The molecule has 0 aliphatic carbocycles. The summed E-state index contributed by atoms with van der Waals surface area (Å²) in [4.78, 5) is 15.8. The zero-order valence-corrected chi connectivity index (χ0v) is 11.6. The van der Waals surface area contributed by atoms with Gasteiger partial charge in [0.15, 0.2) is 0 Å². The van der Waals surface area contributed by atoms with Crippen molar-refractivity contribution in [2.45, 2.75) is 6.54 Å². The Labute approximate surface area is 122 Å². The van der Waals surface area contributed by atoms with Gasteiger partial charge in [0.1, 0.15) is 11.5 Å². The van der Waals surface area contributed by atoms with Crippen LogP contribution in [0.2, 0.25) is 0 Å². The lowest BCUT2D eigenvalue weighted by molar-refractivity contribution is 0.0942. The van der Waals surface area contributed by atoms with E-state index in [2.05, 4.69) is 22.1 Å². The minimum absolute atomic E-state index is 0.0774. The highest BCUT2D eigenvalue weighted by Gasteiger charge is 2.10. The number of amides is 1. The van der Waals surface area contributed by atoms with Crippen molar-refractivity contribution in [3.63, 3.8) is 0 Å². The van der Waals surface area contributed by atoms with E-state index in [1.54, 1.807) is 23.7 Å². The van der Waals surface area contributed by atoms with Gasteiger partial charge in [0.2, 0.25) is 0 Å². The van der Waals surface area contributed by atoms with E-state index in [1.807, 2.05) is 0 Å². The maximum absolute atomic E-state index is 13.7. The Morgan fingerprint density at radius 3 is 3.00 bits per heavy atom. The number of hydrogen-bond acceptors (Lipinski definition) is 3. The molecule has 2 rings (SSSR count). The molecule has 0 atom stereocenters. The fourth-order valence-electron chi connectivity index (χ4n) is 1.78. The summed E-state index contributed by atoms with van der Waals surface area (Å²) in [6.45, 7) is 0.317. The Bertz CT molecular complexity index is 712. The number of rotatable bonds is 3. The molecule has 0 saturated heterocycles. The highest BCUT2D eigenvalue weighted by Crippen LogP contribution is 2.10. The topological polar surface area (TPSA) is 72.9 Å². The number of halogens is 1. The number of nitrogens with one attached hydrogen (secondary N) is 1. The van der Waals surface area contributed by atoms with Crippen LogP contribution >= 0.6 is 0 Å². The quantitative estimate of drug-likeness (QED) is 0.820. The number of hydrogen-bond donors (Lipinski definition) is 2. The molecule has 1 aromatic heterocycles. The van der Waals surface area contributed by atoms with Crippen molar-refractivity contribution in [3.8, 4) is 11.8 Å². The molecule has 0 spiro atoms. The van der Waals surface area contributed by atoms with E-state index in [0.29, 0.717) is 16.8 Å². The molecule has 0 aliphatic rings. The summed E-state index contributed by atoms with van der Waals surface area (Å²) in [5, 5.41) is 2.65. The van der Waals surface area contributed by atoms with Crippen molar-refractivity contribution in [1.82, 2.24) is 14.9 Å². The number of nitrogens with zero attached hydrogens (tertiary/aromatic N) is 2. The van der Waals surface area contributed by atoms with Crippen LogP contribution in [0.5, 0.6) is 0 Å². The second-order valence-corrected chi connectivity index (χ2v) is 4.38. The molecule has 0 radical (unpaired) electrons. The fraction of sp³-hybridized carbons (Fsp3) is 0.200. The number of benzene rings is 1. The first-order valence-corrected chi connectivity index (χ1v) is 6.33. The van der Waals surface area contributed by atoms with E-state index < -0.39 is 5.82 Å². The molecule has 21 heavy (non-hydrogen) atoms. The van der Waals surface area contributed by atoms with Crippen molar-refractivity contribution < 1.29 is 9.18 Å². The van der Waals surface area contributed by atoms with E-state index >= 15 is 0 Å². The number of aromatic nitrogens is 2. The molecule has 2 aromatic rings. The van der Waals surface area contributed by atoms with Gasteiger partial charge in [-0.1, -0.05) is 11.8 Å².